The largest absolute Gasteiger partial charge is 0.494 e. The van der Waals surface area contributed by atoms with Gasteiger partial charge in [0.05, 0.1) is 23.0 Å². The zero-order valence-electron chi connectivity index (χ0n) is 13.2. The fourth-order valence-corrected chi connectivity index (χ4v) is 2.90. The van der Waals surface area contributed by atoms with E-state index in [4.69, 9.17) is 27.7 Å². The lowest BCUT2D eigenvalue weighted by molar-refractivity contribution is 0.340. The molecule has 5 heteroatoms. The molecule has 2 heterocycles. The van der Waals surface area contributed by atoms with E-state index in [1.165, 1.54) is 0 Å². The number of nitrogens with zero attached hydrogens (tertiary/aromatic N) is 2. The Hall–Kier alpha value is -2.40. The van der Waals surface area contributed by atoms with Gasteiger partial charge in [0, 0.05) is 17.7 Å². The van der Waals surface area contributed by atoms with Crippen LogP contribution >= 0.6 is 12.2 Å². The Morgan fingerprint density at radius 1 is 1.22 bits per heavy atom. The van der Waals surface area contributed by atoms with Gasteiger partial charge in [0.15, 0.2) is 0 Å². The summed E-state index contributed by atoms with van der Waals surface area (Å²) in [5, 5.41) is 0. The van der Waals surface area contributed by atoms with Crippen molar-refractivity contribution in [3.63, 3.8) is 0 Å². The van der Waals surface area contributed by atoms with Gasteiger partial charge in [0.1, 0.15) is 11.4 Å². The summed E-state index contributed by atoms with van der Waals surface area (Å²) < 4.78 is 7.62. The second-order valence-corrected chi connectivity index (χ2v) is 5.89. The molecule has 2 N–H and O–H groups in total. The van der Waals surface area contributed by atoms with Crippen LogP contribution < -0.4 is 10.5 Å². The van der Waals surface area contributed by atoms with Crippen LogP contribution in [-0.4, -0.2) is 21.0 Å². The maximum Gasteiger partial charge on any atom is 0.137 e. The van der Waals surface area contributed by atoms with Crippen LogP contribution in [0.4, 0.5) is 0 Å². The van der Waals surface area contributed by atoms with Crippen LogP contribution in [0.1, 0.15) is 18.3 Å². The Morgan fingerprint density at radius 3 is 2.61 bits per heavy atom. The number of hydrogen-bond acceptors (Lipinski definition) is 3. The van der Waals surface area contributed by atoms with Crippen molar-refractivity contribution in [1.82, 2.24) is 9.38 Å². The zero-order chi connectivity index (χ0) is 16.4. The van der Waals surface area contributed by atoms with Crippen LogP contribution in [0.3, 0.4) is 0 Å². The second-order valence-electron chi connectivity index (χ2n) is 5.37. The van der Waals surface area contributed by atoms with Gasteiger partial charge in [0.25, 0.3) is 0 Å². The molecule has 0 bridgehead atoms. The molecule has 0 radical (unpaired) electrons. The number of benzene rings is 1. The van der Waals surface area contributed by atoms with Crippen LogP contribution in [0.2, 0.25) is 0 Å². The van der Waals surface area contributed by atoms with Gasteiger partial charge in [-0.3, -0.25) is 0 Å². The van der Waals surface area contributed by atoms with E-state index >= 15 is 0 Å². The molecule has 0 saturated heterocycles. The minimum Gasteiger partial charge on any atom is -0.494 e. The van der Waals surface area contributed by atoms with Crippen molar-refractivity contribution < 1.29 is 4.74 Å². The molecule has 2 aromatic heterocycles. The van der Waals surface area contributed by atoms with E-state index in [2.05, 4.69) is 17.4 Å². The number of hydrogen-bond donors (Lipinski definition) is 1. The highest BCUT2D eigenvalue weighted by atomic mass is 32.1. The highest BCUT2D eigenvalue weighted by molar-refractivity contribution is 7.80. The number of imidazole rings is 1. The van der Waals surface area contributed by atoms with Crippen LogP contribution in [0.25, 0.3) is 16.9 Å². The average molecular weight is 325 g/mol. The first kappa shape index (κ1) is 15.5. The van der Waals surface area contributed by atoms with Gasteiger partial charge in [-0.15, -0.1) is 0 Å². The smallest absolute Gasteiger partial charge is 0.137 e. The van der Waals surface area contributed by atoms with Crippen molar-refractivity contribution >= 4 is 22.9 Å². The highest BCUT2D eigenvalue weighted by Gasteiger charge is 2.16. The first-order valence-corrected chi connectivity index (χ1v) is 7.99. The Kier molecular flexibility index (Phi) is 4.30. The molecule has 0 saturated carbocycles. The molecule has 0 atom stereocenters. The Morgan fingerprint density at radius 2 is 1.96 bits per heavy atom. The van der Waals surface area contributed by atoms with Crippen molar-refractivity contribution in [2.24, 2.45) is 5.73 Å². The molecule has 0 unspecified atom stereocenters. The number of pyridine rings is 1. The molecule has 3 rings (SSSR count). The molecule has 0 aliphatic heterocycles. The van der Waals surface area contributed by atoms with E-state index in [1.54, 1.807) is 0 Å². The predicted octanol–water partition coefficient (Wildman–Crippen LogP) is 3.54. The standard InChI is InChI=1S/C18H19N3OS/c1-3-22-14-9-7-13(8-10-14)18-15(11-16(19)23)21-12(2)5-4-6-17(21)20-18/h4-10H,3,11H2,1-2H3,(H2,19,23). The zero-order valence-corrected chi connectivity index (χ0v) is 14.1. The SMILES string of the molecule is CCOc1ccc(-c2nc3cccc(C)n3c2CC(N)=S)cc1. The topological polar surface area (TPSA) is 52.5 Å². The predicted molar refractivity (Wildman–Crippen MR) is 97.0 cm³/mol. The number of nitrogens with two attached hydrogens (primary N) is 1. The third kappa shape index (κ3) is 3.05. The third-order valence-electron chi connectivity index (χ3n) is 3.71. The number of rotatable bonds is 5. The molecule has 0 aliphatic carbocycles. The summed E-state index contributed by atoms with van der Waals surface area (Å²) in [7, 11) is 0. The van der Waals surface area contributed by atoms with Gasteiger partial charge in [-0.2, -0.15) is 0 Å². The first-order valence-electron chi connectivity index (χ1n) is 7.58. The summed E-state index contributed by atoms with van der Waals surface area (Å²) in [4.78, 5) is 5.24. The van der Waals surface area contributed by atoms with Crippen LogP contribution in [0.15, 0.2) is 42.5 Å². The molecule has 1 aromatic carbocycles. The van der Waals surface area contributed by atoms with E-state index in [0.29, 0.717) is 18.0 Å². The second kappa shape index (κ2) is 6.38. The number of aryl methyl sites for hydroxylation is 1. The molecule has 0 amide bonds. The van der Waals surface area contributed by atoms with Crippen LogP contribution in [-0.2, 0) is 6.42 Å². The number of aromatic nitrogens is 2. The van der Waals surface area contributed by atoms with Crippen molar-refractivity contribution in [2.75, 3.05) is 6.61 Å². The van der Waals surface area contributed by atoms with Gasteiger partial charge in [-0.25, -0.2) is 4.98 Å². The minimum absolute atomic E-state index is 0.460. The van der Waals surface area contributed by atoms with Gasteiger partial charge >= 0.3 is 0 Å². The normalized spacial score (nSPS) is 10.9. The van der Waals surface area contributed by atoms with Crippen molar-refractivity contribution in [3.8, 4) is 17.0 Å². The Balaban J connectivity index is 2.15. The van der Waals surface area contributed by atoms with Crippen LogP contribution in [0.5, 0.6) is 5.75 Å². The molecule has 118 valence electrons. The van der Waals surface area contributed by atoms with Gasteiger partial charge in [-0.1, -0.05) is 18.3 Å². The van der Waals surface area contributed by atoms with Crippen molar-refractivity contribution in [1.29, 1.82) is 0 Å². The van der Waals surface area contributed by atoms with Gasteiger partial charge < -0.3 is 14.9 Å². The third-order valence-corrected chi connectivity index (χ3v) is 3.86. The van der Waals surface area contributed by atoms with E-state index in [0.717, 1.165) is 34.0 Å². The maximum absolute atomic E-state index is 5.81. The van der Waals surface area contributed by atoms with Crippen molar-refractivity contribution in [2.45, 2.75) is 20.3 Å². The highest BCUT2D eigenvalue weighted by Crippen LogP contribution is 2.27. The summed E-state index contributed by atoms with van der Waals surface area (Å²) in [6, 6.07) is 14.0. The lowest BCUT2D eigenvalue weighted by atomic mass is 10.1. The molecule has 0 fully saturated rings. The summed E-state index contributed by atoms with van der Waals surface area (Å²) in [6.45, 7) is 4.68. The summed E-state index contributed by atoms with van der Waals surface area (Å²) in [6.07, 6.45) is 0.518. The summed E-state index contributed by atoms with van der Waals surface area (Å²) in [5.74, 6) is 0.854. The minimum atomic E-state index is 0.460. The molecule has 23 heavy (non-hydrogen) atoms. The number of fused-ring (bicyclic) bond motifs is 1. The van der Waals surface area contributed by atoms with E-state index in [9.17, 15) is 0 Å². The van der Waals surface area contributed by atoms with E-state index in [-0.39, 0.29) is 0 Å². The van der Waals surface area contributed by atoms with Crippen LogP contribution in [0, 0.1) is 6.92 Å². The monoisotopic (exact) mass is 325 g/mol. The first-order chi connectivity index (χ1) is 11.1. The molecule has 0 spiro atoms. The fraction of sp³-hybridized carbons (Fsp3) is 0.222. The lowest BCUT2D eigenvalue weighted by Crippen LogP contribution is -2.13. The van der Waals surface area contributed by atoms with Crippen molar-refractivity contribution in [3.05, 3.63) is 53.9 Å². The Bertz CT molecular complexity index is 853. The quantitative estimate of drug-likeness (QED) is 0.729. The Labute approximate surface area is 140 Å². The molecule has 4 nitrogen and oxygen atoms in total. The molecule has 0 aliphatic rings. The number of thiocarbonyl (C=S) groups is 1. The van der Waals surface area contributed by atoms with Gasteiger partial charge in [-0.05, 0) is 50.2 Å². The summed E-state index contributed by atoms with van der Waals surface area (Å²) in [5.41, 5.74) is 10.8. The van der Waals surface area contributed by atoms with E-state index < -0.39 is 0 Å². The molecule has 3 aromatic rings. The molecular weight excluding hydrogens is 306 g/mol. The summed E-state index contributed by atoms with van der Waals surface area (Å²) >= 11 is 5.13. The number of ether oxygens (including phenoxy) is 1. The van der Waals surface area contributed by atoms with Gasteiger partial charge in [0.2, 0.25) is 0 Å². The molecular formula is C18H19N3OS. The van der Waals surface area contributed by atoms with E-state index in [1.807, 2.05) is 43.3 Å². The maximum atomic E-state index is 5.81. The fourth-order valence-electron chi connectivity index (χ4n) is 2.76. The average Bonchev–Trinajstić information content (AvgIpc) is 2.88. The lowest BCUT2D eigenvalue weighted by Gasteiger charge is -2.08.